The largest absolute Gasteiger partial charge is 0.473 e. The number of nitrogens with zero attached hydrogens (tertiary/aromatic N) is 1. The van der Waals surface area contributed by atoms with E-state index in [4.69, 9.17) is 24.5 Å². The van der Waals surface area contributed by atoms with E-state index in [9.17, 15) is 4.79 Å². The molecule has 0 spiro atoms. The Morgan fingerprint density at radius 2 is 1.50 bits per heavy atom. The zero-order chi connectivity index (χ0) is 19.1. The van der Waals surface area contributed by atoms with Crippen LogP contribution < -0.4 is 5.32 Å². The summed E-state index contributed by atoms with van der Waals surface area (Å²) >= 11 is 0. The minimum Gasteiger partial charge on any atom is -0.473 e. The van der Waals surface area contributed by atoms with Gasteiger partial charge in [0, 0.05) is 18.1 Å². The van der Waals surface area contributed by atoms with Crippen molar-refractivity contribution in [3.05, 3.63) is 0 Å². The van der Waals surface area contributed by atoms with Crippen molar-refractivity contribution in [3.63, 3.8) is 0 Å². The summed E-state index contributed by atoms with van der Waals surface area (Å²) in [5, 5.41) is 18.2. The number of rotatable bonds is 4. The van der Waals surface area contributed by atoms with Gasteiger partial charge in [0.15, 0.2) is 0 Å². The lowest BCUT2D eigenvalue weighted by molar-refractivity contribution is -0.159. The minimum atomic E-state index is -1.82. The summed E-state index contributed by atoms with van der Waals surface area (Å²) in [6.07, 6.45) is 11.1. The molecule has 2 atom stereocenters. The summed E-state index contributed by atoms with van der Waals surface area (Å²) in [5.74, 6) is -3.70. The molecule has 8 nitrogen and oxygen atoms in total. The summed E-state index contributed by atoms with van der Waals surface area (Å²) in [4.78, 5) is 32.6. The molecule has 3 fully saturated rings. The molecule has 0 aromatic carbocycles. The number of carboxylic acids is 2. The van der Waals surface area contributed by atoms with Crippen LogP contribution in [0.3, 0.4) is 0 Å². The first kappa shape index (κ1) is 20.6. The molecule has 8 heteroatoms. The van der Waals surface area contributed by atoms with Gasteiger partial charge in [0.2, 0.25) is 0 Å². The van der Waals surface area contributed by atoms with Crippen molar-refractivity contribution < 1.29 is 29.3 Å². The third-order valence-electron chi connectivity index (χ3n) is 5.68. The van der Waals surface area contributed by atoms with Gasteiger partial charge in [-0.25, -0.2) is 9.59 Å². The van der Waals surface area contributed by atoms with E-state index in [1.807, 2.05) is 0 Å². The molecule has 2 saturated heterocycles. The predicted octanol–water partition coefficient (Wildman–Crippen LogP) is 1.23. The third-order valence-corrected chi connectivity index (χ3v) is 5.68. The lowest BCUT2D eigenvalue weighted by Crippen LogP contribution is -2.44. The van der Waals surface area contributed by atoms with Crippen molar-refractivity contribution in [1.82, 2.24) is 10.2 Å². The second-order valence-corrected chi connectivity index (χ2v) is 7.46. The average Bonchev–Trinajstić information content (AvgIpc) is 2.83. The van der Waals surface area contributed by atoms with Gasteiger partial charge in [-0.15, -0.1) is 0 Å². The number of carbonyl (C=O) groups is 3. The fourth-order valence-electron chi connectivity index (χ4n) is 4.22. The summed E-state index contributed by atoms with van der Waals surface area (Å²) in [6.45, 7) is 0.395. The molecule has 148 valence electrons. The first-order chi connectivity index (χ1) is 12.4. The quantitative estimate of drug-likeness (QED) is 0.500. The maximum atomic E-state index is 12.0. The van der Waals surface area contributed by atoms with Crippen molar-refractivity contribution in [2.75, 3.05) is 13.6 Å². The molecule has 2 bridgehead atoms. The Labute approximate surface area is 153 Å². The number of aliphatic carboxylic acids is 2. The van der Waals surface area contributed by atoms with E-state index in [0.29, 0.717) is 24.7 Å². The SMILES string of the molecule is CN1C2CCC1CC(OC(=O)CNC1CCCCC1)C2.O=C(O)C(=O)O. The molecule has 0 aromatic rings. The second-order valence-electron chi connectivity index (χ2n) is 7.46. The smallest absolute Gasteiger partial charge is 0.414 e. The molecule has 26 heavy (non-hydrogen) atoms. The first-order valence-corrected chi connectivity index (χ1v) is 9.47. The van der Waals surface area contributed by atoms with Gasteiger partial charge >= 0.3 is 17.9 Å². The lowest BCUT2D eigenvalue weighted by atomic mass is 9.95. The molecular weight excluding hydrogens is 340 g/mol. The van der Waals surface area contributed by atoms with Gasteiger partial charge < -0.3 is 25.2 Å². The Morgan fingerprint density at radius 1 is 0.962 bits per heavy atom. The topological polar surface area (TPSA) is 116 Å². The average molecular weight is 370 g/mol. The summed E-state index contributed by atoms with van der Waals surface area (Å²) in [7, 11) is 2.21. The van der Waals surface area contributed by atoms with E-state index in [-0.39, 0.29) is 12.1 Å². The van der Waals surface area contributed by atoms with Crippen LogP contribution in [-0.4, -0.2) is 70.8 Å². The highest BCUT2D eigenvalue weighted by Gasteiger charge is 2.39. The molecule has 1 saturated carbocycles. The van der Waals surface area contributed by atoms with Crippen molar-refractivity contribution >= 4 is 17.9 Å². The molecule has 3 N–H and O–H groups in total. The number of esters is 1. The van der Waals surface area contributed by atoms with E-state index >= 15 is 0 Å². The Balaban J connectivity index is 0.000000352. The molecule has 2 unspecified atom stereocenters. The maximum Gasteiger partial charge on any atom is 0.414 e. The fourth-order valence-corrected chi connectivity index (χ4v) is 4.22. The zero-order valence-electron chi connectivity index (χ0n) is 15.4. The highest BCUT2D eigenvalue weighted by atomic mass is 16.5. The molecule has 3 rings (SSSR count). The van der Waals surface area contributed by atoms with Gasteiger partial charge in [0.1, 0.15) is 6.10 Å². The van der Waals surface area contributed by atoms with E-state index in [2.05, 4.69) is 17.3 Å². The lowest BCUT2D eigenvalue weighted by Gasteiger charge is -2.35. The summed E-state index contributed by atoms with van der Waals surface area (Å²) in [5.41, 5.74) is 0. The van der Waals surface area contributed by atoms with Crippen molar-refractivity contribution in [1.29, 1.82) is 0 Å². The number of piperidine rings is 1. The molecule has 0 radical (unpaired) electrons. The predicted molar refractivity (Wildman–Crippen MR) is 93.8 cm³/mol. The zero-order valence-corrected chi connectivity index (χ0v) is 15.4. The van der Waals surface area contributed by atoms with Crippen LogP contribution in [0.4, 0.5) is 0 Å². The molecular formula is C18H30N2O6. The maximum absolute atomic E-state index is 12.0. The Kier molecular flexibility index (Phi) is 7.84. The van der Waals surface area contributed by atoms with Crippen molar-refractivity contribution in [2.24, 2.45) is 0 Å². The standard InChI is InChI=1S/C16H28N2O2.C2H2O4/c1-18-13-7-8-14(18)10-15(9-13)20-16(19)11-17-12-5-3-2-4-6-12;3-1(4)2(5)6/h12-15,17H,2-11H2,1H3;(H,3,4)(H,5,6). The number of hydrogen-bond donors (Lipinski definition) is 3. The number of hydrogen-bond acceptors (Lipinski definition) is 6. The van der Waals surface area contributed by atoms with E-state index in [1.54, 1.807) is 0 Å². The first-order valence-electron chi connectivity index (χ1n) is 9.47. The monoisotopic (exact) mass is 370 g/mol. The van der Waals surface area contributed by atoms with Crippen LogP contribution >= 0.6 is 0 Å². The summed E-state index contributed by atoms with van der Waals surface area (Å²) in [6, 6.07) is 1.81. The number of carboxylic acid groups (broad SMARTS) is 2. The molecule has 2 heterocycles. The number of ether oxygens (including phenoxy) is 1. The van der Waals surface area contributed by atoms with Crippen LogP contribution in [0.25, 0.3) is 0 Å². The van der Waals surface area contributed by atoms with Crippen LogP contribution in [0.15, 0.2) is 0 Å². The highest BCUT2D eigenvalue weighted by molar-refractivity contribution is 6.27. The van der Waals surface area contributed by atoms with Crippen molar-refractivity contribution in [3.8, 4) is 0 Å². The van der Waals surface area contributed by atoms with E-state index < -0.39 is 11.9 Å². The van der Waals surface area contributed by atoms with Gasteiger partial charge in [-0.2, -0.15) is 0 Å². The van der Waals surface area contributed by atoms with Crippen molar-refractivity contribution in [2.45, 2.75) is 82.0 Å². The fraction of sp³-hybridized carbons (Fsp3) is 0.833. The molecule has 1 aliphatic carbocycles. The summed E-state index contributed by atoms with van der Waals surface area (Å²) < 4.78 is 5.68. The highest BCUT2D eigenvalue weighted by Crippen LogP contribution is 2.35. The molecule has 0 aromatic heterocycles. The normalized spacial score (nSPS) is 28.7. The van der Waals surface area contributed by atoms with Crippen LogP contribution in [0.1, 0.15) is 57.8 Å². The second kappa shape index (κ2) is 9.87. The Morgan fingerprint density at radius 3 is 2.00 bits per heavy atom. The third kappa shape index (κ3) is 6.25. The van der Waals surface area contributed by atoms with Crippen LogP contribution in [-0.2, 0) is 19.1 Å². The van der Waals surface area contributed by atoms with Crippen LogP contribution in [0.5, 0.6) is 0 Å². The van der Waals surface area contributed by atoms with E-state index in [1.165, 1.54) is 44.9 Å². The van der Waals surface area contributed by atoms with Crippen LogP contribution in [0, 0.1) is 0 Å². The van der Waals surface area contributed by atoms with Crippen LogP contribution in [0.2, 0.25) is 0 Å². The number of nitrogens with one attached hydrogen (secondary N) is 1. The number of fused-ring (bicyclic) bond motifs is 2. The van der Waals surface area contributed by atoms with Gasteiger partial charge in [-0.1, -0.05) is 19.3 Å². The van der Waals surface area contributed by atoms with Gasteiger partial charge in [0.25, 0.3) is 0 Å². The molecule has 2 aliphatic heterocycles. The van der Waals surface area contributed by atoms with Gasteiger partial charge in [-0.3, -0.25) is 4.79 Å². The Hall–Kier alpha value is -1.67. The Bertz CT molecular complexity index is 480. The molecule has 0 amide bonds. The van der Waals surface area contributed by atoms with Gasteiger partial charge in [-0.05, 0) is 45.6 Å². The van der Waals surface area contributed by atoms with Gasteiger partial charge in [0.05, 0.1) is 6.54 Å². The van der Waals surface area contributed by atoms with E-state index in [0.717, 1.165) is 12.8 Å². The molecule has 3 aliphatic rings. The number of carbonyl (C=O) groups excluding carboxylic acids is 1. The minimum absolute atomic E-state index is 0.0514.